The molecule has 4 heteroatoms. The summed E-state index contributed by atoms with van der Waals surface area (Å²) in [5.41, 5.74) is 2.14. The van der Waals surface area contributed by atoms with Crippen LogP contribution in [0.3, 0.4) is 0 Å². The quantitative estimate of drug-likeness (QED) is 0.909. The van der Waals surface area contributed by atoms with Crippen LogP contribution in [0.1, 0.15) is 18.4 Å². The third kappa shape index (κ3) is 2.38. The van der Waals surface area contributed by atoms with Gasteiger partial charge in [-0.25, -0.2) is 0 Å². The van der Waals surface area contributed by atoms with Crippen LogP contribution in [0.25, 0.3) is 0 Å². The molecule has 92 valence electrons. The first kappa shape index (κ1) is 12.6. The maximum Gasteiger partial charge on any atom is 0.244 e. The van der Waals surface area contributed by atoms with Gasteiger partial charge in [-0.2, -0.15) is 0 Å². The second-order valence-corrected chi connectivity index (χ2v) is 5.21. The molecule has 1 atom stereocenters. The molecule has 1 unspecified atom stereocenters. The third-order valence-corrected chi connectivity index (χ3v) is 4.18. The summed E-state index contributed by atoms with van der Waals surface area (Å²) in [6.45, 7) is 2.85. The van der Waals surface area contributed by atoms with Gasteiger partial charge in [-0.3, -0.25) is 4.79 Å². The van der Waals surface area contributed by atoms with Crippen LogP contribution in [0.2, 0.25) is 0 Å². The monoisotopic (exact) mass is 296 g/mol. The standard InChI is InChI=1S/C13H17BrN2O/c1-9-10(14)5-3-7-12(9)16-8-4-6-11(15-2)13(16)17/h3,5,7,11,15H,4,6,8H2,1-2H3. The highest BCUT2D eigenvalue weighted by molar-refractivity contribution is 9.10. The lowest BCUT2D eigenvalue weighted by molar-refractivity contribution is -0.121. The predicted octanol–water partition coefficient (Wildman–Crippen LogP) is 2.47. The van der Waals surface area contributed by atoms with E-state index in [2.05, 4.69) is 21.2 Å². The zero-order valence-electron chi connectivity index (χ0n) is 10.2. The predicted molar refractivity (Wildman–Crippen MR) is 73.3 cm³/mol. The number of rotatable bonds is 2. The zero-order valence-corrected chi connectivity index (χ0v) is 11.8. The molecule has 0 aliphatic carbocycles. The summed E-state index contributed by atoms with van der Waals surface area (Å²) in [7, 11) is 1.85. The Labute approximate surface area is 110 Å². The van der Waals surface area contributed by atoms with Gasteiger partial charge in [-0.1, -0.05) is 22.0 Å². The van der Waals surface area contributed by atoms with Crippen molar-refractivity contribution in [2.75, 3.05) is 18.5 Å². The van der Waals surface area contributed by atoms with Gasteiger partial charge in [0.15, 0.2) is 0 Å². The van der Waals surface area contributed by atoms with E-state index in [1.807, 2.05) is 37.1 Å². The van der Waals surface area contributed by atoms with Gasteiger partial charge < -0.3 is 10.2 Å². The number of hydrogen-bond donors (Lipinski definition) is 1. The summed E-state index contributed by atoms with van der Waals surface area (Å²) in [5, 5.41) is 3.08. The van der Waals surface area contributed by atoms with Gasteiger partial charge in [-0.05, 0) is 44.5 Å². The number of nitrogens with one attached hydrogen (secondary N) is 1. The van der Waals surface area contributed by atoms with Crippen LogP contribution in [0.15, 0.2) is 22.7 Å². The molecule has 1 amide bonds. The van der Waals surface area contributed by atoms with Crippen molar-refractivity contribution in [1.82, 2.24) is 5.32 Å². The van der Waals surface area contributed by atoms with Crippen LogP contribution in [0.5, 0.6) is 0 Å². The van der Waals surface area contributed by atoms with Crippen molar-refractivity contribution in [1.29, 1.82) is 0 Å². The molecule has 2 rings (SSSR count). The van der Waals surface area contributed by atoms with Crippen LogP contribution < -0.4 is 10.2 Å². The summed E-state index contributed by atoms with van der Waals surface area (Å²) < 4.78 is 1.05. The number of benzene rings is 1. The highest BCUT2D eigenvalue weighted by Gasteiger charge is 2.29. The van der Waals surface area contributed by atoms with Gasteiger partial charge in [0.1, 0.15) is 0 Å². The molecule has 3 nitrogen and oxygen atoms in total. The lowest BCUT2D eigenvalue weighted by atomic mass is 10.0. The maximum atomic E-state index is 12.3. The van der Waals surface area contributed by atoms with Crippen molar-refractivity contribution >= 4 is 27.5 Å². The Bertz CT molecular complexity index is 433. The Morgan fingerprint density at radius 3 is 2.94 bits per heavy atom. The fraction of sp³-hybridized carbons (Fsp3) is 0.462. The van der Waals surface area contributed by atoms with Crippen molar-refractivity contribution in [3.63, 3.8) is 0 Å². The van der Waals surface area contributed by atoms with Crippen LogP contribution in [0, 0.1) is 6.92 Å². The van der Waals surface area contributed by atoms with E-state index in [0.717, 1.165) is 35.1 Å². The van der Waals surface area contributed by atoms with Crippen molar-refractivity contribution in [2.24, 2.45) is 0 Å². The number of carbonyl (C=O) groups excluding carboxylic acids is 1. The minimum atomic E-state index is -0.0397. The first-order valence-corrected chi connectivity index (χ1v) is 6.68. The molecule has 1 fully saturated rings. The zero-order chi connectivity index (χ0) is 12.4. The average Bonchev–Trinajstić information content (AvgIpc) is 2.33. The number of hydrogen-bond acceptors (Lipinski definition) is 2. The van der Waals surface area contributed by atoms with Crippen LogP contribution >= 0.6 is 15.9 Å². The molecule has 1 heterocycles. The number of piperidine rings is 1. The Balaban J connectivity index is 2.33. The second kappa shape index (κ2) is 5.19. The fourth-order valence-electron chi connectivity index (χ4n) is 2.27. The Hall–Kier alpha value is -0.870. The second-order valence-electron chi connectivity index (χ2n) is 4.36. The molecule has 1 aliphatic heterocycles. The van der Waals surface area contributed by atoms with Crippen molar-refractivity contribution in [3.8, 4) is 0 Å². The molecule has 1 aromatic carbocycles. The summed E-state index contributed by atoms with van der Waals surface area (Å²) >= 11 is 3.51. The van der Waals surface area contributed by atoms with E-state index >= 15 is 0 Å². The molecule has 17 heavy (non-hydrogen) atoms. The molecule has 0 radical (unpaired) electrons. The molecule has 1 saturated heterocycles. The Morgan fingerprint density at radius 1 is 1.47 bits per heavy atom. The fourth-order valence-corrected chi connectivity index (χ4v) is 2.63. The van der Waals surface area contributed by atoms with E-state index in [9.17, 15) is 4.79 Å². The first-order valence-electron chi connectivity index (χ1n) is 5.89. The van der Waals surface area contributed by atoms with Crippen molar-refractivity contribution < 1.29 is 4.79 Å². The first-order chi connectivity index (χ1) is 8.15. The third-order valence-electron chi connectivity index (χ3n) is 3.32. The van der Waals surface area contributed by atoms with Crippen LogP contribution in [0.4, 0.5) is 5.69 Å². The lowest BCUT2D eigenvalue weighted by Gasteiger charge is -2.33. The maximum absolute atomic E-state index is 12.3. The van der Waals surface area contributed by atoms with Crippen LogP contribution in [-0.2, 0) is 4.79 Å². The molecule has 1 N–H and O–H groups in total. The number of amides is 1. The molecule has 1 aliphatic rings. The van der Waals surface area contributed by atoms with Gasteiger partial charge in [0.25, 0.3) is 0 Å². The summed E-state index contributed by atoms with van der Waals surface area (Å²) in [5.74, 6) is 0.181. The molecule has 0 bridgehead atoms. The lowest BCUT2D eigenvalue weighted by Crippen LogP contribution is -2.50. The average molecular weight is 297 g/mol. The SMILES string of the molecule is CNC1CCCN(c2cccc(Br)c2C)C1=O. The number of nitrogens with zero attached hydrogens (tertiary/aromatic N) is 1. The Morgan fingerprint density at radius 2 is 2.24 bits per heavy atom. The van der Waals surface area contributed by atoms with Gasteiger partial charge >= 0.3 is 0 Å². The molecule has 0 saturated carbocycles. The number of carbonyl (C=O) groups is 1. The van der Waals surface area contributed by atoms with E-state index in [1.165, 1.54) is 0 Å². The molecule has 1 aromatic rings. The minimum Gasteiger partial charge on any atom is -0.311 e. The number of anilines is 1. The van der Waals surface area contributed by atoms with E-state index in [1.54, 1.807) is 0 Å². The van der Waals surface area contributed by atoms with E-state index in [0.29, 0.717) is 0 Å². The van der Waals surface area contributed by atoms with Gasteiger partial charge in [0.05, 0.1) is 6.04 Å². The van der Waals surface area contributed by atoms with Gasteiger partial charge in [-0.15, -0.1) is 0 Å². The van der Waals surface area contributed by atoms with E-state index in [-0.39, 0.29) is 11.9 Å². The topological polar surface area (TPSA) is 32.3 Å². The van der Waals surface area contributed by atoms with Gasteiger partial charge in [0, 0.05) is 16.7 Å². The highest BCUT2D eigenvalue weighted by Crippen LogP contribution is 2.29. The number of likely N-dealkylation sites (N-methyl/N-ethyl adjacent to an activating group) is 1. The van der Waals surface area contributed by atoms with Crippen molar-refractivity contribution in [3.05, 3.63) is 28.2 Å². The normalized spacial score (nSPS) is 20.8. The van der Waals surface area contributed by atoms with E-state index in [4.69, 9.17) is 0 Å². The molecule has 0 spiro atoms. The molecule has 0 aromatic heterocycles. The van der Waals surface area contributed by atoms with Crippen molar-refractivity contribution in [2.45, 2.75) is 25.8 Å². The molecular formula is C13H17BrN2O. The summed E-state index contributed by atoms with van der Waals surface area (Å²) in [6.07, 6.45) is 1.97. The minimum absolute atomic E-state index is 0.0397. The Kier molecular flexibility index (Phi) is 3.84. The number of halogens is 1. The molecular weight excluding hydrogens is 280 g/mol. The highest BCUT2D eigenvalue weighted by atomic mass is 79.9. The van der Waals surface area contributed by atoms with E-state index < -0.39 is 0 Å². The van der Waals surface area contributed by atoms with Crippen LogP contribution in [-0.4, -0.2) is 25.5 Å². The smallest absolute Gasteiger partial charge is 0.244 e. The summed E-state index contributed by atoms with van der Waals surface area (Å²) in [4.78, 5) is 14.2. The van der Waals surface area contributed by atoms with Gasteiger partial charge in [0.2, 0.25) is 5.91 Å². The summed E-state index contributed by atoms with van der Waals surface area (Å²) in [6, 6.07) is 5.95. The largest absolute Gasteiger partial charge is 0.311 e.